The Labute approximate surface area is 103 Å². The number of hydrogen-bond acceptors (Lipinski definition) is 4. The zero-order valence-electron chi connectivity index (χ0n) is 10.7. The molecular weight excluding hydrogens is 220 g/mol. The third-order valence-corrected chi connectivity index (χ3v) is 2.49. The summed E-state index contributed by atoms with van der Waals surface area (Å²) in [5, 5.41) is 0. The summed E-state index contributed by atoms with van der Waals surface area (Å²) in [6.07, 6.45) is 6.25. The minimum Gasteiger partial charge on any atom is -0.460 e. The van der Waals surface area contributed by atoms with Crippen LogP contribution in [0.2, 0.25) is 0 Å². The number of ether oxygens (including phenoxy) is 3. The second-order valence-electron chi connectivity index (χ2n) is 3.99. The summed E-state index contributed by atoms with van der Waals surface area (Å²) in [6.45, 7) is 4.90. The molecular formula is C13H22O4. The molecule has 0 aromatic rings. The molecule has 1 rings (SSSR count). The second kappa shape index (κ2) is 8.12. The van der Waals surface area contributed by atoms with Gasteiger partial charge in [0.05, 0.1) is 13.2 Å². The second-order valence-corrected chi connectivity index (χ2v) is 3.99. The minimum atomic E-state index is -0.393. The first kappa shape index (κ1) is 14.0. The van der Waals surface area contributed by atoms with Crippen LogP contribution in [0.5, 0.6) is 0 Å². The van der Waals surface area contributed by atoms with E-state index in [0.717, 1.165) is 32.1 Å². The number of hydrogen-bond donors (Lipinski definition) is 0. The van der Waals surface area contributed by atoms with Gasteiger partial charge in [-0.2, -0.15) is 0 Å². The summed E-state index contributed by atoms with van der Waals surface area (Å²) in [5.74, 6) is -0.101. The van der Waals surface area contributed by atoms with Gasteiger partial charge < -0.3 is 14.2 Å². The van der Waals surface area contributed by atoms with Gasteiger partial charge in [-0.25, -0.2) is 4.79 Å². The third-order valence-electron chi connectivity index (χ3n) is 2.49. The van der Waals surface area contributed by atoms with Crippen molar-refractivity contribution < 1.29 is 19.0 Å². The summed E-state index contributed by atoms with van der Waals surface area (Å²) in [7, 11) is 0. The Bertz CT molecular complexity index is 254. The molecule has 98 valence electrons. The Morgan fingerprint density at radius 1 is 1.41 bits per heavy atom. The highest BCUT2D eigenvalue weighted by Gasteiger charge is 2.20. The molecule has 0 aromatic heterocycles. The van der Waals surface area contributed by atoms with Crippen molar-refractivity contribution in [1.82, 2.24) is 0 Å². The molecule has 0 aromatic carbocycles. The number of carbonyl (C=O) groups is 1. The Balaban J connectivity index is 2.52. The van der Waals surface area contributed by atoms with Gasteiger partial charge in [0.1, 0.15) is 0 Å². The first-order valence-corrected chi connectivity index (χ1v) is 6.43. The zero-order chi connectivity index (χ0) is 12.5. The van der Waals surface area contributed by atoms with Crippen molar-refractivity contribution in [3.8, 4) is 0 Å². The molecule has 0 unspecified atom stereocenters. The Morgan fingerprint density at radius 3 is 2.82 bits per heavy atom. The summed E-state index contributed by atoms with van der Waals surface area (Å²) >= 11 is 0. The van der Waals surface area contributed by atoms with Gasteiger partial charge in [0.15, 0.2) is 6.29 Å². The lowest BCUT2D eigenvalue weighted by molar-refractivity contribution is -0.163. The first-order valence-electron chi connectivity index (χ1n) is 6.43. The zero-order valence-corrected chi connectivity index (χ0v) is 10.7. The van der Waals surface area contributed by atoms with Crippen molar-refractivity contribution in [2.45, 2.75) is 52.2 Å². The smallest absolute Gasteiger partial charge is 0.373 e. The molecule has 0 N–H and O–H groups in total. The number of allylic oxidation sites excluding steroid dienone is 1. The van der Waals surface area contributed by atoms with Crippen molar-refractivity contribution >= 4 is 5.97 Å². The third kappa shape index (κ3) is 5.22. The van der Waals surface area contributed by atoms with Crippen molar-refractivity contribution in [1.29, 1.82) is 0 Å². The predicted octanol–water partition coefficient (Wildman–Crippen LogP) is 2.78. The van der Waals surface area contributed by atoms with E-state index in [1.54, 1.807) is 13.0 Å². The average molecular weight is 242 g/mol. The molecule has 0 aliphatic carbocycles. The average Bonchev–Trinajstić information content (AvgIpc) is 2.36. The highest BCUT2D eigenvalue weighted by molar-refractivity contribution is 5.86. The highest BCUT2D eigenvalue weighted by atomic mass is 16.7. The molecule has 1 saturated heterocycles. The molecule has 4 nitrogen and oxygen atoms in total. The van der Waals surface area contributed by atoms with E-state index in [9.17, 15) is 4.79 Å². The summed E-state index contributed by atoms with van der Waals surface area (Å²) < 4.78 is 16.0. The molecule has 1 aliphatic heterocycles. The molecule has 0 amide bonds. The first-order chi connectivity index (χ1) is 8.27. The topological polar surface area (TPSA) is 44.8 Å². The fourth-order valence-corrected chi connectivity index (χ4v) is 1.60. The van der Waals surface area contributed by atoms with Gasteiger partial charge in [0.2, 0.25) is 5.76 Å². The van der Waals surface area contributed by atoms with E-state index in [2.05, 4.69) is 6.92 Å². The Morgan fingerprint density at radius 2 is 2.24 bits per heavy atom. The van der Waals surface area contributed by atoms with Gasteiger partial charge in [-0.3, -0.25) is 0 Å². The molecule has 0 spiro atoms. The van der Waals surface area contributed by atoms with Crippen LogP contribution in [0.15, 0.2) is 11.8 Å². The van der Waals surface area contributed by atoms with E-state index in [1.807, 2.05) is 0 Å². The summed E-state index contributed by atoms with van der Waals surface area (Å²) in [4.78, 5) is 11.7. The number of unbranched alkanes of at least 4 members (excludes halogenated alkanes) is 1. The molecule has 17 heavy (non-hydrogen) atoms. The molecule has 1 aliphatic rings. The normalized spacial score (nSPS) is 21.1. The van der Waals surface area contributed by atoms with Crippen LogP contribution in [-0.4, -0.2) is 25.5 Å². The Kier molecular flexibility index (Phi) is 6.70. The van der Waals surface area contributed by atoms with Gasteiger partial charge in [-0.15, -0.1) is 0 Å². The maximum atomic E-state index is 11.7. The van der Waals surface area contributed by atoms with Crippen LogP contribution in [0, 0.1) is 0 Å². The van der Waals surface area contributed by atoms with Crippen LogP contribution in [0.1, 0.15) is 46.0 Å². The van der Waals surface area contributed by atoms with Gasteiger partial charge >= 0.3 is 5.97 Å². The van der Waals surface area contributed by atoms with E-state index in [0.29, 0.717) is 19.0 Å². The van der Waals surface area contributed by atoms with Crippen molar-refractivity contribution in [3.05, 3.63) is 11.8 Å². The lowest BCUT2D eigenvalue weighted by atomic mass is 10.2. The highest BCUT2D eigenvalue weighted by Crippen LogP contribution is 2.18. The van der Waals surface area contributed by atoms with Crippen LogP contribution in [0.4, 0.5) is 0 Å². The standard InChI is InChI=1S/C13H22O4/c1-3-5-8-11(13(14)15-4-2)17-12-9-6-7-10-16-12/h8,12H,3-7,9-10H2,1-2H3/t12-/m1/s1. The number of esters is 1. The quantitative estimate of drug-likeness (QED) is 0.408. The maximum absolute atomic E-state index is 11.7. The molecule has 1 fully saturated rings. The van der Waals surface area contributed by atoms with Gasteiger partial charge in [0, 0.05) is 6.42 Å². The minimum absolute atomic E-state index is 0.292. The Hall–Kier alpha value is -1.03. The summed E-state index contributed by atoms with van der Waals surface area (Å²) in [5.41, 5.74) is 0. The molecule has 1 heterocycles. The van der Waals surface area contributed by atoms with E-state index < -0.39 is 5.97 Å². The number of carbonyl (C=O) groups excluding carboxylic acids is 1. The molecule has 4 heteroatoms. The fraction of sp³-hybridized carbons (Fsp3) is 0.769. The molecule has 0 saturated carbocycles. The molecule has 0 bridgehead atoms. The van der Waals surface area contributed by atoms with Crippen molar-refractivity contribution in [2.24, 2.45) is 0 Å². The lowest BCUT2D eigenvalue weighted by Crippen LogP contribution is -2.24. The number of rotatable bonds is 6. The van der Waals surface area contributed by atoms with E-state index >= 15 is 0 Å². The molecule has 1 atom stereocenters. The summed E-state index contributed by atoms with van der Waals surface area (Å²) in [6, 6.07) is 0. The predicted molar refractivity (Wildman–Crippen MR) is 64.3 cm³/mol. The van der Waals surface area contributed by atoms with Crippen LogP contribution in [0.3, 0.4) is 0 Å². The van der Waals surface area contributed by atoms with Crippen molar-refractivity contribution in [3.63, 3.8) is 0 Å². The lowest BCUT2D eigenvalue weighted by Gasteiger charge is -2.24. The van der Waals surface area contributed by atoms with Gasteiger partial charge in [0.25, 0.3) is 0 Å². The van der Waals surface area contributed by atoms with Crippen LogP contribution >= 0.6 is 0 Å². The van der Waals surface area contributed by atoms with E-state index in [4.69, 9.17) is 14.2 Å². The monoisotopic (exact) mass is 242 g/mol. The fourth-order valence-electron chi connectivity index (χ4n) is 1.60. The maximum Gasteiger partial charge on any atom is 0.373 e. The molecule has 0 radical (unpaired) electrons. The van der Waals surface area contributed by atoms with Gasteiger partial charge in [-0.05, 0) is 32.3 Å². The van der Waals surface area contributed by atoms with Crippen LogP contribution < -0.4 is 0 Å². The van der Waals surface area contributed by atoms with Crippen LogP contribution in [0.25, 0.3) is 0 Å². The van der Waals surface area contributed by atoms with E-state index in [1.165, 1.54) is 0 Å². The van der Waals surface area contributed by atoms with Gasteiger partial charge in [-0.1, -0.05) is 13.3 Å². The largest absolute Gasteiger partial charge is 0.460 e. The SMILES string of the molecule is CCCC=C(O[C@@H]1CCCCO1)C(=O)OCC. The van der Waals surface area contributed by atoms with E-state index in [-0.39, 0.29) is 6.29 Å². The van der Waals surface area contributed by atoms with Crippen LogP contribution in [-0.2, 0) is 19.0 Å². The van der Waals surface area contributed by atoms with Crippen molar-refractivity contribution in [2.75, 3.05) is 13.2 Å².